The van der Waals surface area contributed by atoms with Gasteiger partial charge in [-0.15, -0.1) is 11.3 Å². The van der Waals surface area contributed by atoms with Crippen LogP contribution < -0.4 is 4.72 Å². The monoisotopic (exact) mass is 648 g/mol. The lowest BCUT2D eigenvalue weighted by Crippen LogP contribution is -2.13. The molecule has 5 aromatic rings. The molecule has 6 rings (SSSR count). The van der Waals surface area contributed by atoms with Crippen LogP contribution >= 0.6 is 11.3 Å². The Morgan fingerprint density at radius 1 is 0.867 bits per heavy atom. The van der Waals surface area contributed by atoms with E-state index in [1.165, 1.54) is 35.6 Å². The molecule has 5 nitrogen and oxygen atoms in total. The zero-order valence-corrected chi connectivity index (χ0v) is 25.7. The highest BCUT2D eigenvalue weighted by Crippen LogP contribution is 2.40. The van der Waals surface area contributed by atoms with Crippen LogP contribution in [0.5, 0.6) is 0 Å². The summed E-state index contributed by atoms with van der Waals surface area (Å²) >= 11 is 1.33. The van der Waals surface area contributed by atoms with E-state index in [0.29, 0.717) is 33.4 Å². The summed E-state index contributed by atoms with van der Waals surface area (Å²) in [7, 11) is -3.83. The van der Waals surface area contributed by atoms with Gasteiger partial charge in [0.15, 0.2) is 0 Å². The molecule has 45 heavy (non-hydrogen) atoms. The molecule has 0 aliphatic heterocycles. The minimum atomic E-state index is -4.40. The van der Waals surface area contributed by atoms with Crippen molar-refractivity contribution in [2.45, 2.75) is 42.9 Å². The van der Waals surface area contributed by atoms with Crippen molar-refractivity contribution in [1.82, 2.24) is 4.98 Å². The fraction of sp³-hybridized carbons (Fsp3) is 0.229. The Labute approximate surface area is 264 Å². The minimum absolute atomic E-state index is 0.101. The van der Waals surface area contributed by atoms with Gasteiger partial charge in [0.1, 0.15) is 5.01 Å². The molecule has 10 heteroatoms. The van der Waals surface area contributed by atoms with E-state index in [4.69, 9.17) is 0 Å². The molecule has 1 fully saturated rings. The summed E-state index contributed by atoms with van der Waals surface area (Å²) in [5, 5.41) is 13.2. The van der Waals surface area contributed by atoms with Crippen LogP contribution in [0.1, 0.15) is 42.1 Å². The molecule has 2 N–H and O–H groups in total. The number of aromatic nitrogens is 1. The largest absolute Gasteiger partial charge is 0.416 e. The SMILES string of the molecule is O=S(=O)(Nc1ccc(C[C@@H]2CC[C@H]([C@H](O)c3ccccc3)C2)cc1)c1ccc(-c2nc(-c3ccc(C(F)(F)F)cc3)cs2)cc1. The third kappa shape index (κ3) is 7.30. The molecule has 0 unspecified atom stereocenters. The number of rotatable bonds is 9. The van der Waals surface area contributed by atoms with Gasteiger partial charge < -0.3 is 5.11 Å². The molecular weight excluding hydrogens is 618 g/mol. The summed E-state index contributed by atoms with van der Waals surface area (Å²) in [5.41, 5.74) is 3.64. The van der Waals surface area contributed by atoms with Gasteiger partial charge in [0, 0.05) is 22.2 Å². The summed E-state index contributed by atoms with van der Waals surface area (Å²) in [5.74, 6) is 0.713. The lowest BCUT2D eigenvalue weighted by Gasteiger charge is -2.19. The number of sulfonamides is 1. The average Bonchev–Trinajstić information content (AvgIpc) is 3.72. The zero-order valence-electron chi connectivity index (χ0n) is 24.1. The molecule has 1 saturated carbocycles. The first-order valence-corrected chi connectivity index (χ1v) is 17.0. The van der Waals surface area contributed by atoms with E-state index in [9.17, 15) is 26.7 Å². The molecule has 3 atom stereocenters. The number of hydrogen-bond donors (Lipinski definition) is 2. The summed E-state index contributed by atoms with van der Waals surface area (Å²) < 4.78 is 67.4. The number of alkyl halides is 3. The second kappa shape index (κ2) is 12.8. The maximum atomic E-state index is 13.1. The highest BCUT2D eigenvalue weighted by molar-refractivity contribution is 7.92. The van der Waals surface area contributed by atoms with Crippen molar-refractivity contribution in [2.24, 2.45) is 11.8 Å². The van der Waals surface area contributed by atoms with Crippen LogP contribution in [0.4, 0.5) is 18.9 Å². The summed E-state index contributed by atoms with van der Waals surface area (Å²) in [6.45, 7) is 0. The van der Waals surface area contributed by atoms with Crippen molar-refractivity contribution in [3.63, 3.8) is 0 Å². The van der Waals surface area contributed by atoms with Crippen molar-refractivity contribution < 1.29 is 26.7 Å². The van der Waals surface area contributed by atoms with Crippen LogP contribution in [0, 0.1) is 11.8 Å². The van der Waals surface area contributed by atoms with E-state index >= 15 is 0 Å². The molecule has 0 radical (unpaired) electrons. The van der Waals surface area contributed by atoms with Gasteiger partial charge in [0.25, 0.3) is 10.0 Å². The number of anilines is 1. The molecule has 4 aromatic carbocycles. The molecule has 1 aliphatic carbocycles. The second-order valence-electron chi connectivity index (χ2n) is 11.4. The van der Waals surface area contributed by atoms with Crippen LogP contribution in [0.25, 0.3) is 21.8 Å². The normalized spacial score (nSPS) is 17.7. The molecule has 0 spiro atoms. The predicted molar refractivity (Wildman–Crippen MR) is 171 cm³/mol. The Bertz CT molecular complexity index is 1840. The number of halogens is 3. The third-order valence-electron chi connectivity index (χ3n) is 8.32. The standard InChI is InChI=1S/C35H31F3N2O3S2/c36-35(37,38)29-14-10-25(11-15-29)32-22-44-34(39-32)27-12-18-31(19-13-27)45(42,43)40-30-16-7-23(8-17-30)20-24-6-9-28(21-24)33(41)26-4-2-1-3-5-26/h1-5,7-8,10-19,22,24,28,33,40-41H,6,9,20-21H2/t24-,28-,33+/m0/s1. The Kier molecular flexibility index (Phi) is 8.81. The number of thiazole rings is 1. The number of nitrogens with zero attached hydrogens (tertiary/aromatic N) is 1. The average molecular weight is 649 g/mol. The van der Waals surface area contributed by atoms with Crippen LogP contribution in [0.3, 0.4) is 0 Å². The van der Waals surface area contributed by atoms with Crippen LogP contribution in [-0.2, 0) is 22.6 Å². The molecule has 1 aromatic heterocycles. The van der Waals surface area contributed by atoms with Crippen molar-refractivity contribution in [3.8, 4) is 21.8 Å². The van der Waals surface area contributed by atoms with Crippen LogP contribution in [0.2, 0.25) is 0 Å². The molecule has 1 heterocycles. The molecule has 0 bridgehead atoms. The fourth-order valence-corrected chi connectivity index (χ4v) is 7.80. The van der Waals surface area contributed by atoms with Crippen molar-refractivity contribution in [1.29, 1.82) is 0 Å². The molecule has 1 aliphatic rings. The van der Waals surface area contributed by atoms with Gasteiger partial charge in [0.05, 0.1) is 22.3 Å². The maximum Gasteiger partial charge on any atom is 0.416 e. The summed E-state index contributed by atoms with van der Waals surface area (Å²) in [6, 6.07) is 28.4. The van der Waals surface area contributed by atoms with E-state index in [0.717, 1.165) is 48.9 Å². The molecule has 232 valence electrons. The number of nitrogens with one attached hydrogen (secondary N) is 1. The van der Waals surface area contributed by atoms with Crippen LogP contribution in [0.15, 0.2) is 113 Å². The highest BCUT2D eigenvalue weighted by atomic mass is 32.2. The topological polar surface area (TPSA) is 79.3 Å². The van der Waals surface area contributed by atoms with Crippen molar-refractivity contribution >= 4 is 27.0 Å². The van der Waals surface area contributed by atoms with Gasteiger partial charge in [-0.05, 0) is 85.0 Å². The summed E-state index contributed by atoms with van der Waals surface area (Å²) in [4.78, 5) is 4.63. The lowest BCUT2D eigenvalue weighted by atomic mass is 9.91. The zero-order chi connectivity index (χ0) is 31.6. The van der Waals surface area contributed by atoms with Gasteiger partial charge in [-0.3, -0.25) is 4.72 Å². The van der Waals surface area contributed by atoms with Gasteiger partial charge in [0.2, 0.25) is 0 Å². The first-order valence-electron chi connectivity index (χ1n) is 14.6. The van der Waals surface area contributed by atoms with Gasteiger partial charge >= 0.3 is 6.18 Å². The van der Waals surface area contributed by atoms with Gasteiger partial charge in [-0.1, -0.05) is 66.7 Å². The quantitative estimate of drug-likeness (QED) is 0.167. The molecule has 0 amide bonds. The van der Waals surface area contributed by atoms with Crippen molar-refractivity contribution in [2.75, 3.05) is 4.72 Å². The van der Waals surface area contributed by atoms with Crippen molar-refractivity contribution in [3.05, 3.63) is 125 Å². The fourth-order valence-electron chi connectivity index (χ4n) is 5.91. The predicted octanol–water partition coefficient (Wildman–Crippen LogP) is 8.99. The number of aliphatic hydroxyl groups excluding tert-OH is 1. The summed E-state index contributed by atoms with van der Waals surface area (Å²) in [6.07, 6.45) is -0.979. The third-order valence-corrected chi connectivity index (χ3v) is 10.6. The van der Waals surface area contributed by atoms with E-state index in [1.807, 2.05) is 42.5 Å². The second-order valence-corrected chi connectivity index (χ2v) is 14.0. The van der Waals surface area contributed by atoms with E-state index < -0.39 is 27.9 Å². The van der Waals surface area contributed by atoms with E-state index in [1.54, 1.807) is 29.6 Å². The van der Waals surface area contributed by atoms with Gasteiger partial charge in [-0.2, -0.15) is 13.2 Å². The maximum absolute atomic E-state index is 13.1. The Balaban J connectivity index is 1.05. The first kappa shape index (κ1) is 31.0. The molecule has 0 saturated heterocycles. The first-order chi connectivity index (χ1) is 21.5. The highest BCUT2D eigenvalue weighted by Gasteiger charge is 2.31. The number of hydrogen-bond acceptors (Lipinski definition) is 5. The number of benzene rings is 4. The van der Waals surface area contributed by atoms with Crippen LogP contribution in [-0.4, -0.2) is 18.5 Å². The Morgan fingerprint density at radius 2 is 1.53 bits per heavy atom. The Morgan fingerprint density at radius 3 is 2.20 bits per heavy atom. The van der Waals surface area contributed by atoms with E-state index in [-0.39, 0.29) is 10.8 Å². The number of aliphatic hydroxyl groups is 1. The Hall–Kier alpha value is -3.99. The van der Waals surface area contributed by atoms with E-state index in [2.05, 4.69) is 9.71 Å². The minimum Gasteiger partial charge on any atom is -0.388 e. The molecular formula is C35H31F3N2O3S2. The smallest absolute Gasteiger partial charge is 0.388 e. The lowest BCUT2D eigenvalue weighted by molar-refractivity contribution is -0.137. The van der Waals surface area contributed by atoms with Gasteiger partial charge in [-0.25, -0.2) is 13.4 Å².